The highest BCUT2D eigenvalue weighted by Crippen LogP contribution is 2.32. The van der Waals surface area contributed by atoms with Crippen LogP contribution in [0.2, 0.25) is 0 Å². The summed E-state index contributed by atoms with van der Waals surface area (Å²) in [5.41, 5.74) is 6.65. The molecule has 1 aromatic carbocycles. The Morgan fingerprint density at radius 1 is 1.11 bits per heavy atom. The van der Waals surface area contributed by atoms with Gasteiger partial charge in [-0.1, -0.05) is 12.1 Å². The van der Waals surface area contributed by atoms with Crippen molar-refractivity contribution in [1.82, 2.24) is 4.90 Å². The second-order valence-electron chi connectivity index (χ2n) is 4.83. The van der Waals surface area contributed by atoms with E-state index in [0.29, 0.717) is 6.10 Å². The van der Waals surface area contributed by atoms with Crippen LogP contribution in [-0.2, 0) is 0 Å². The summed E-state index contributed by atoms with van der Waals surface area (Å²) in [5, 5.41) is 0. The Kier molecular flexibility index (Phi) is 5.57. The standard InChI is InChI=1S/C13H18N2O.2ClH/c14-11-3-1-2-4-12(11)16-13-9-15-7-5-10(13)6-8-15;;/h1-4,10,13H,5-9,14H2;2*1H. The molecule has 3 nitrogen and oxygen atoms in total. The maximum absolute atomic E-state index is 6.05. The Balaban J connectivity index is 0.000000810. The van der Waals surface area contributed by atoms with Gasteiger partial charge in [0, 0.05) is 6.54 Å². The van der Waals surface area contributed by atoms with Crippen molar-refractivity contribution in [1.29, 1.82) is 0 Å². The molecule has 0 spiro atoms. The number of fused-ring (bicyclic) bond motifs is 3. The molecule has 3 saturated heterocycles. The van der Waals surface area contributed by atoms with Crippen LogP contribution >= 0.6 is 24.8 Å². The first kappa shape index (κ1) is 15.4. The Labute approximate surface area is 120 Å². The second-order valence-corrected chi connectivity index (χ2v) is 4.83. The van der Waals surface area contributed by atoms with E-state index in [0.717, 1.165) is 23.9 Å². The van der Waals surface area contributed by atoms with Gasteiger partial charge in [-0.25, -0.2) is 0 Å². The number of nitrogens with two attached hydrogens (primary N) is 1. The van der Waals surface area contributed by atoms with Crippen molar-refractivity contribution < 1.29 is 4.74 Å². The minimum absolute atomic E-state index is 0. The van der Waals surface area contributed by atoms with Gasteiger partial charge in [-0.05, 0) is 44.0 Å². The van der Waals surface area contributed by atoms with E-state index in [9.17, 15) is 0 Å². The lowest BCUT2D eigenvalue weighted by Crippen LogP contribution is -2.52. The molecular formula is C13H20Cl2N2O. The molecule has 2 bridgehead atoms. The minimum Gasteiger partial charge on any atom is -0.487 e. The molecule has 0 aliphatic carbocycles. The number of nitrogens with zero attached hydrogens (tertiary/aromatic N) is 1. The van der Waals surface area contributed by atoms with Crippen LogP contribution in [0.1, 0.15) is 12.8 Å². The minimum atomic E-state index is 0. The van der Waals surface area contributed by atoms with Gasteiger partial charge >= 0.3 is 0 Å². The lowest BCUT2D eigenvalue weighted by molar-refractivity contribution is -0.00738. The van der Waals surface area contributed by atoms with Crippen LogP contribution in [0.3, 0.4) is 0 Å². The van der Waals surface area contributed by atoms with Crippen LogP contribution < -0.4 is 10.5 Å². The first-order chi connectivity index (χ1) is 7.83. The largest absolute Gasteiger partial charge is 0.487 e. The van der Waals surface area contributed by atoms with Gasteiger partial charge in [-0.15, -0.1) is 24.8 Å². The first-order valence-electron chi connectivity index (χ1n) is 6.06. The summed E-state index contributed by atoms with van der Waals surface area (Å²) in [6.07, 6.45) is 2.89. The number of rotatable bonds is 2. The molecule has 1 unspecified atom stereocenters. The lowest BCUT2D eigenvalue weighted by atomic mass is 9.86. The Morgan fingerprint density at radius 3 is 2.33 bits per heavy atom. The topological polar surface area (TPSA) is 38.5 Å². The molecule has 2 N–H and O–H groups in total. The van der Waals surface area contributed by atoms with Gasteiger partial charge in [-0.2, -0.15) is 0 Å². The molecule has 102 valence electrons. The number of nitrogen functional groups attached to an aromatic ring is 1. The van der Waals surface area contributed by atoms with Crippen molar-refractivity contribution in [3.63, 3.8) is 0 Å². The zero-order chi connectivity index (χ0) is 11.0. The van der Waals surface area contributed by atoms with E-state index in [1.807, 2.05) is 24.3 Å². The molecule has 3 aliphatic rings. The molecule has 5 heteroatoms. The number of ether oxygens (including phenoxy) is 1. The second kappa shape index (κ2) is 6.50. The molecule has 1 atom stereocenters. The highest BCUT2D eigenvalue weighted by Gasteiger charge is 2.35. The summed E-state index contributed by atoms with van der Waals surface area (Å²) < 4.78 is 6.05. The summed E-state index contributed by atoms with van der Waals surface area (Å²) in [6.45, 7) is 3.56. The molecule has 1 aromatic rings. The zero-order valence-electron chi connectivity index (χ0n) is 10.2. The molecule has 3 fully saturated rings. The van der Waals surface area contributed by atoms with E-state index in [1.54, 1.807) is 0 Å². The molecule has 3 heterocycles. The molecule has 0 aromatic heterocycles. The van der Waals surface area contributed by atoms with E-state index in [1.165, 1.54) is 25.9 Å². The van der Waals surface area contributed by atoms with Crippen molar-refractivity contribution in [2.45, 2.75) is 18.9 Å². The summed E-state index contributed by atoms with van der Waals surface area (Å²) >= 11 is 0. The summed E-state index contributed by atoms with van der Waals surface area (Å²) in [7, 11) is 0. The van der Waals surface area contributed by atoms with E-state index in [4.69, 9.17) is 10.5 Å². The highest BCUT2D eigenvalue weighted by atomic mass is 35.5. The predicted molar refractivity (Wildman–Crippen MR) is 78.9 cm³/mol. The van der Waals surface area contributed by atoms with Gasteiger partial charge < -0.3 is 10.5 Å². The molecule has 3 aliphatic heterocycles. The third-order valence-corrected chi connectivity index (χ3v) is 3.79. The molecule has 4 rings (SSSR count). The van der Waals surface area contributed by atoms with Crippen molar-refractivity contribution in [2.75, 3.05) is 25.4 Å². The average Bonchev–Trinajstić information content (AvgIpc) is 2.34. The Morgan fingerprint density at radius 2 is 1.78 bits per heavy atom. The fraction of sp³-hybridized carbons (Fsp3) is 0.538. The fourth-order valence-corrected chi connectivity index (χ4v) is 2.80. The highest BCUT2D eigenvalue weighted by molar-refractivity contribution is 5.85. The fourth-order valence-electron chi connectivity index (χ4n) is 2.80. The maximum atomic E-state index is 6.05. The molecular weight excluding hydrogens is 271 g/mol. The van der Waals surface area contributed by atoms with Crippen molar-refractivity contribution in [3.8, 4) is 5.75 Å². The normalized spacial score (nSPS) is 29.0. The van der Waals surface area contributed by atoms with Gasteiger partial charge in [0.2, 0.25) is 0 Å². The summed E-state index contributed by atoms with van der Waals surface area (Å²) in [6, 6.07) is 7.79. The Bertz CT molecular complexity index is 381. The number of hydrogen-bond acceptors (Lipinski definition) is 3. The number of hydrogen-bond donors (Lipinski definition) is 1. The number of halogens is 2. The average molecular weight is 291 g/mol. The van der Waals surface area contributed by atoms with E-state index in [-0.39, 0.29) is 24.8 Å². The molecule has 18 heavy (non-hydrogen) atoms. The van der Waals surface area contributed by atoms with Gasteiger partial charge in [0.25, 0.3) is 0 Å². The van der Waals surface area contributed by atoms with Crippen LogP contribution in [0.25, 0.3) is 0 Å². The monoisotopic (exact) mass is 290 g/mol. The van der Waals surface area contributed by atoms with Crippen LogP contribution in [0.15, 0.2) is 24.3 Å². The first-order valence-corrected chi connectivity index (χ1v) is 6.06. The quantitative estimate of drug-likeness (QED) is 0.851. The number of benzene rings is 1. The summed E-state index contributed by atoms with van der Waals surface area (Å²) in [5.74, 6) is 1.57. The van der Waals surface area contributed by atoms with Crippen LogP contribution in [0, 0.1) is 5.92 Å². The van der Waals surface area contributed by atoms with Crippen LogP contribution in [0.5, 0.6) is 5.75 Å². The van der Waals surface area contributed by atoms with E-state index < -0.39 is 0 Å². The summed E-state index contributed by atoms with van der Waals surface area (Å²) in [4.78, 5) is 2.49. The third kappa shape index (κ3) is 3.02. The predicted octanol–water partition coefficient (Wildman–Crippen LogP) is 2.59. The Hall–Kier alpha value is -0.640. The van der Waals surface area contributed by atoms with E-state index in [2.05, 4.69) is 4.90 Å². The zero-order valence-corrected chi connectivity index (χ0v) is 11.9. The van der Waals surface area contributed by atoms with Gasteiger partial charge in [0.1, 0.15) is 11.9 Å². The van der Waals surface area contributed by atoms with Crippen molar-refractivity contribution in [3.05, 3.63) is 24.3 Å². The third-order valence-electron chi connectivity index (χ3n) is 3.79. The van der Waals surface area contributed by atoms with Gasteiger partial charge in [-0.3, -0.25) is 4.90 Å². The smallest absolute Gasteiger partial charge is 0.142 e. The SMILES string of the molecule is Cl.Cl.Nc1ccccc1OC1CN2CCC1CC2. The molecule has 0 amide bonds. The van der Waals surface area contributed by atoms with Crippen LogP contribution in [-0.4, -0.2) is 30.6 Å². The van der Waals surface area contributed by atoms with Crippen molar-refractivity contribution in [2.24, 2.45) is 5.92 Å². The number of anilines is 1. The van der Waals surface area contributed by atoms with Gasteiger partial charge in [0.05, 0.1) is 5.69 Å². The lowest BCUT2D eigenvalue weighted by Gasteiger charge is -2.44. The molecule has 0 radical (unpaired) electrons. The van der Waals surface area contributed by atoms with Gasteiger partial charge in [0.15, 0.2) is 0 Å². The number of para-hydroxylation sites is 2. The van der Waals surface area contributed by atoms with E-state index >= 15 is 0 Å². The number of piperidine rings is 3. The van der Waals surface area contributed by atoms with Crippen LogP contribution in [0.4, 0.5) is 5.69 Å². The molecule has 0 saturated carbocycles. The van der Waals surface area contributed by atoms with Crippen molar-refractivity contribution >= 4 is 30.5 Å². The maximum Gasteiger partial charge on any atom is 0.142 e.